The number of aryl methyl sites for hydroxylation is 1. The van der Waals surface area contributed by atoms with Crippen molar-refractivity contribution in [3.05, 3.63) is 63.1 Å². The number of aromatic nitrogens is 1. The van der Waals surface area contributed by atoms with Crippen LogP contribution in [0, 0.1) is 0 Å². The van der Waals surface area contributed by atoms with Crippen LogP contribution in [0.2, 0.25) is 5.02 Å². The quantitative estimate of drug-likeness (QED) is 0.698. The first kappa shape index (κ1) is 19.3. The van der Waals surface area contributed by atoms with Gasteiger partial charge in [-0.15, -0.1) is 0 Å². The summed E-state index contributed by atoms with van der Waals surface area (Å²) in [4.78, 5) is 11.6. The minimum Gasteiger partial charge on any atom is -0.508 e. The molecule has 0 bridgehead atoms. The van der Waals surface area contributed by atoms with Crippen LogP contribution in [0.3, 0.4) is 0 Å². The molecule has 1 aromatic heterocycles. The third-order valence-electron chi connectivity index (χ3n) is 4.41. The van der Waals surface area contributed by atoms with E-state index < -0.39 is 24.0 Å². The van der Waals surface area contributed by atoms with Crippen molar-refractivity contribution >= 4 is 22.7 Å². The molecule has 144 valence electrons. The number of aliphatic hydroxyl groups excluding tert-OH is 1. The summed E-state index contributed by atoms with van der Waals surface area (Å²) in [5.41, 5.74) is 1.24. The average Bonchev–Trinajstić information content (AvgIpc) is 2.86. The van der Waals surface area contributed by atoms with Crippen LogP contribution in [0.15, 0.2) is 45.6 Å². The minimum absolute atomic E-state index is 0.0560. The summed E-state index contributed by atoms with van der Waals surface area (Å²) in [6.07, 6.45) is -7.72. The first-order chi connectivity index (χ1) is 12.6. The molecular formula is C18H15ClF3NO4. The molecule has 0 aliphatic carbocycles. The van der Waals surface area contributed by atoms with E-state index in [4.69, 9.17) is 16.0 Å². The molecule has 0 amide bonds. The number of aliphatic hydroxyl groups is 1. The fraction of sp³-hybridized carbons (Fsp3) is 0.278. The van der Waals surface area contributed by atoms with E-state index >= 15 is 0 Å². The number of aromatic hydroxyl groups is 1. The van der Waals surface area contributed by atoms with E-state index in [2.05, 4.69) is 0 Å². The van der Waals surface area contributed by atoms with Gasteiger partial charge in [-0.1, -0.05) is 23.7 Å². The predicted octanol–water partition coefficient (Wildman–Crippen LogP) is 3.74. The molecule has 5 nitrogen and oxygen atoms in total. The number of phenols is 1. The van der Waals surface area contributed by atoms with E-state index in [1.807, 2.05) is 0 Å². The molecule has 0 radical (unpaired) electrons. The van der Waals surface area contributed by atoms with E-state index in [-0.39, 0.29) is 22.8 Å². The number of benzene rings is 2. The zero-order valence-electron chi connectivity index (χ0n) is 14.0. The van der Waals surface area contributed by atoms with Gasteiger partial charge in [0.2, 0.25) is 0 Å². The molecule has 2 aromatic carbocycles. The maximum Gasteiger partial charge on any atom is 0.419 e. The zero-order chi connectivity index (χ0) is 19.9. The summed E-state index contributed by atoms with van der Waals surface area (Å²) in [6.45, 7) is 0. The average molecular weight is 402 g/mol. The van der Waals surface area contributed by atoms with Crippen molar-refractivity contribution in [1.82, 2.24) is 4.57 Å². The fourth-order valence-corrected chi connectivity index (χ4v) is 3.30. The number of oxazole rings is 1. The van der Waals surface area contributed by atoms with E-state index in [1.165, 1.54) is 41.9 Å². The van der Waals surface area contributed by atoms with Gasteiger partial charge >= 0.3 is 11.9 Å². The molecule has 0 aliphatic heterocycles. The Kier molecular flexibility index (Phi) is 4.96. The number of halogens is 4. The molecule has 0 aliphatic rings. The third kappa shape index (κ3) is 3.81. The van der Waals surface area contributed by atoms with Gasteiger partial charge in [0.1, 0.15) is 5.75 Å². The van der Waals surface area contributed by atoms with Gasteiger partial charge in [0.15, 0.2) is 11.7 Å². The maximum atomic E-state index is 13.2. The number of alkyl halides is 3. The van der Waals surface area contributed by atoms with Crippen molar-refractivity contribution in [3.8, 4) is 5.75 Å². The highest BCUT2D eigenvalue weighted by Crippen LogP contribution is 2.38. The van der Waals surface area contributed by atoms with Gasteiger partial charge < -0.3 is 14.6 Å². The standard InChI is InChI=1S/C18H15ClF3NO4/c1-23-14-7-9(2-5-15(14)27-17(23)26)6-12(16(25)18(20,21)22)11-4-3-10(24)8-13(11)19/h2-5,7-8,12,16,24-25H,6H2,1H3. The van der Waals surface area contributed by atoms with Crippen molar-refractivity contribution in [1.29, 1.82) is 0 Å². The number of hydrogen-bond donors (Lipinski definition) is 2. The molecule has 0 saturated heterocycles. The first-order valence-corrected chi connectivity index (χ1v) is 8.27. The molecule has 1 heterocycles. The summed E-state index contributed by atoms with van der Waals surface area (Å²) in [6, 6.07) is 8.13. The van der Waals surface area contributed by atoms with Gasteiger partial charge in [-0.25, -0.2) is 4.79 Å². The van der Waals surface area contributed by atoms with Crippen LogP contribution in [-0.4, -0.2) is 27.1 Å². The van der Waals surface area contributed by atoms with Gasteiger partial charge in [0.05, 0.1) is 5.52 Å². The van der Waals surface area contributed by atoms with Crippen LogP contribution in [0.25, 0.3) is 11.1 Å². The van der Waals surface area contributed by atoms with Crippen LogP contribution < -0.4 is 5.76 Å². The lowest BCUT2D eigenvalue weighted by molar-refractivity contribution is -0.210. The molecule has 0 saturated carbocycles. The summed E-state index contributed by atoms with van der Waals surface area (Å²) in [5, 5.41) is 19.3. The lowest BCUT2D eigenvalue weighted by Crippen LogP contribution is -2.35. The van der Waals surface area contributed by atoms with Crippen molar-refractivity contribution in [3.63, 3.8) is 0 Å². The van der Waals surface area contributed by atoms with Crippen molar-refractivity contribution in [2.45, 2.75) is 24.6 Å². The van der Waals surface area contributed by atoms with Crippen LogP contribution in [0.5, 0.6) is 5.75 Å². The molecule has 9 heteroatoms. The van der Waals surface area contributed by atoms with Crippen LogP contribution in [-0.2, 0) is 13.5 Å². The largest absolute Gasteiger partial charge is 0.508 e. The first-order valence-electron chi connectivity index (χ1n) is 7.89. The molecule has 2 unspecified atom stereocenters. The monoisotopic (exact) mass is 401 g/mol. The second-order valence-corrected chi connectivity index (χ2v) is 6.64. The molecule has 2 atom stereocenters. The Bertz CT molecular complexity index is 1040. The summed E-state index contributed by atoms with van der Waals surface area (Å²) >= 11 is 6.01. The normalized spacial score (nSPS) is 14.4. The Morgan fingerprint density at radius 1 is 1.22 bits per heavy atom. The zero-order valence-corrected chi connectivity index (χ0v) is 14.8. The third-order valence-corrected chi connectivity index (χ3v) is 4.74. The summed E-state index contributed by atoms with van der Waals surface area (Å²) in [7, 11) is 1.48. The molecule has 0 fully saturated rings. The van der Waals surface area contributed by atoms with Gasteiger partial charge in [0, 0.05) is 18.0 Å². The Balaban J connectivity index is 2.05. The van der Waals surface area contributed by atoms with Crippen LogP contribution in [0.1, 0.15) is 17.0 Å². The fourth-order valence-electron chi connectivity index (χ4n) is 2.99. The highest BCUT2D eigenvalue weighted by molar-refractivity contribution is 6.31. The second-order valence-electron chi connectivity index (χ2n) is 6.23. The summed E-state index contributed by atoms with van der Waals surface area (Å²) < 4.78 is 45.9. The maximum absolute atomic E-state index is 13.2. The number of fused-ring (bicyclic) bond motifs is 1. The molecule has 0 spiro atoms. The van der Waals surface area contributed by atoms with Crippen molar-refractivity contribution < 1.29 is 27.8 Å². The smallest absolute Gasteiger partial charge is 0.419 e. The molecular weight excluding hydrogens is 387 g/mol. The SMILES string of the molecule is Cn1c(=O)oc2ccc(CC(c3ccc(O)cc3Cl)C(O)C(F)(F)F)cc21. The molecule has 2 N–H and O–H groups in total. The Hall–Kier alpha value is -2.45. The topological polar surface area (TPSA) is 75.6 Å². The van der Waals surface area contributed by atoms with Crippen molar-refractivity contribution in [2.24, 2.45) is 7.05 Å². The van der Waals surface area contributed by atoms with Crippen LogP contribution >= 0.6 is 11.6 Å². The van der Waals surface area contributed by atoms with Gasteiger partial charge in [-0.2, -0.15) is 13.2 Å². The van der Waals surface area contributed by atoms with E-state index in [1.54, 1.807) is 0 Å². The number of nitrogens with zero attached hydrogens (tertiary/aromatic N) is 1. The minimum atomic E-state index is -4.86. The van der Waals surface area contributed by atoms with Gasteiger partial charge in [-0.3, -0.25) is 4.57 Å². The second kappa shape index (κ2) is 6.94. The number of phenolic OH excluding ortho intramolecular Hbond substituents is 1. The van der Waals surface area contributed by atoms with Crippen molar-refractivity contribution in [2.75, 3.05) is 0 Å². The molecule has 3 aromatic rings. The predicted molar refractivity (Wildman–Crippen MR) is 93.1 cm³/mol. The van der Waals surface area contributed by atoms with E-state index in [0.717, 1.165) is 6.07 Å². The van der Waals surface area contributed by atoms with E-state index in [9.17, 15) is 28.2 Å². The number of rotatable bonds is 4. The van der Waals surface area contributed by atoms with Crippen LogP contribution in [0.4, 0.5) is 13.2 Å². The number of hydrogen-bond acceptors (Lipinski definition) is 4. The molecule has 3 rings (SSSR count). The van der Waals surface area contributed by atoms with Gasteiger partial charge in [-0.05, 0) is 41.8 Å². The summed E-state index contributed by atoms with van der Waals surface area (Å²) in [5.74, 6) is -2.19. The Morgan fingerprint density at radius 3 is 2.56 bits per heavy atom. The lowest BCUT2D eigenvalue weighted by Gasteiger charge is -2.26. The Morgan fingerprint density at radius 2 is 1.93 bits per heavy atom. The highest BCUT2D eigenvalue weighted by Gasteiger charge is 2.44. The van der Waals surface area contributed by atoms with E-state index in [0.29, 0.717) is 16.7 Å². The Labute approximate surface area is 156 Å². The molecule has 27 heavy (non-hydrogen) atoms. The lowest BCUT2D eigenvalue weighted by atomic mass is 9.86. The van der Waals surface area contributed by atoms with Gasteiger partial charge in [0.25, 0.3) is 0 Å². The highest BCUT2D eigenvalue weighted by atomic mass is 35.5.